The zero-order valence-corrected chi connectivity index (χ0v) is 20.6. The largest absolute Gasteiger partial charge is 0.331 e. The van der Waals surface area contributed by atoms with E-state index in [-0.39, 0.29) is 36.2 Å². The van der Waals surface area contributed by atoms with E-state index in [2.05, 4.69) is 26.1 Å². The molecule has 174 valence electrons. The molecule has 3 aromatic rings. The van der Waals surface area contributed by atoms with Crippen molar-refractivity contribution >= 4 is 29.2 Å². The predicted molar refractivity (Wildman–Crippen MR) is 133 cm³/mol. The van der Waals surface area contributed by atoms with Crippen molar-refractivity contribution in [2.75, 3.05) is 11.9 Å². The predicted octanol–water partition coefficient (Wildman–Crippen LogP) is 5.24. The van der Waals surface area contributed by atoms with Crippen LogP contribution < -0.4 is 5.32 Å². The lowest BCUT2D eigenvalue weighted by atomic mass is 9.92. The summed E-state index contributed by atoms with van der Waals surface area (Å²) < 4.78 is 1.65. The Kier molecular flexibility index (Phi) is 7.59. The molecular formula is C26H31ClN4O2. The summed E-state index contributed by atoms with van der Waals surface area (Å²) in [6, 6.07) is 18.6. The van der Waals surface area contributed by atoms with Gasteiger partial charge in [0.25, 0.3) is 0 Å². The second kappa shape index (κ2) is 10.2. The Labute approximate surface area is 200 Å². The Bertz CT molecular complexity index is 1120. The zero-order chi connectivity index (χ0) is 24.2. The zero-order valence-electron chi connectivity index (χ0n) is 19.8. The number of carbonyl (C=O) groups excluding carboxylic acids is 2. The molecule has 0 unspecified atom stereocenters. The monoisotopic (exact) mass is 466 g/mol. The summed E-state index contributed by atoms with van der Waals surface area (Å²) >= 11 is 6.41. The second-order valence-corrected chi connectivity index (χ2v) is 9.76. The Morgan fingerprint density at radius 1 is 1.06 bits per heavy atom. The molecule has 1 heterocycles. The third-order valence-electron chi connectivity index (χ3n) is 5.28. The normalized spacial score (nSPS) is 11.5. The molecule has 0 saturated heterocycles. The number of nitrogens with one attached hydrogen (secondary N) is 1. The lowest BCUT2D eigenvalue weighted by Crippen LogP contribution is -2.43. The molecule has 0 aliphatic heterocycles. The summed E-state index contributed by atoms with van der Waals surface area (Å²) in [6.45, 7) is 9.92. The van der Waals surface area contributed by atoms with Crippen molar-refractivity contribution in [3.63, 3.8) is 0 Å². The highest BCUT2D eigenvalue weighted by molar-refractivity contribution is 6.32. The van der Waals surface area contributed by atoms with E-state index in [4.69, 9.17) is 16.7 Å². The fourth-order valence-electron chi connectivity index (χ4n) is 3.41. The fourth-order valence-corrected chi connectivity index (χ4v) is 3.63. The molecular weight excluding hydrogens is 436 g/mol. The van der Waals surface area contributed by atoms with Crippen LogP contribution in [0.3, 0.4) is 0 Å². The maximum atomic E-state index is 13.0. The van der Waals surface area contributed by atoms with E-state index >= 15 is 0 Å². The minimum atomic E-state index is -0.293. The molecule has 1 aromatic heterocycles. The van der Waals surface area contributed by atoms with Gasteiger partial charge in [0.1, 0.15) is 12.4 Å². The summed E-state index contributed by atoms with van der Waals surface area (Å²) in [4.78, 5) is 27.5. The van der Waals surface area contributed by atoms with Crippen LogP contribution in [-0.2, 0) is 21.4 Å². The number of anilines is 1. The van der Waals surface area contributed by atoms with Gasteiger partial charge in [0.15, 0.2) is 0 Å². The Morgan fingerprint density at radius 2 is 1.70 bits per heavy atom. The molecule has 0 atom stereocenters. The van der Waals surface area contributed by atoms with Crippen LogP contribution >= 0.6 is 11.6 Å². The van der Waals surface area contributed by atoms with Crippen LogP contribution in [0.4, 0.5) is 5.82 Å². The Hall–Kier alpha value is -3.12. The van der Waals surface area contributed by atoms with Gasteiger partial charge >= 0.3 is 0 Å². The van der Waals surface area contributed by atoms with Gasteiger partial charge in [-0.2, -0.15) is 5.10 Å². The van der Waals surface area contributed by atoms with Crippen molar-refractivity contribution in [3.8, 4) is 5.69 Å². The average molecular weight is 467 g/mol. The molecule has 0 fully saturated rings. The molecule has 33 heavy (non-hydrogen) atoms. The molecule has 0 radical (unpaired) electrons. The van der Waals surface area contributed by atoms with E-state index in [1.807, 2.05) is 68.4 Å². The number of nitrogens with zero attached hydrogens (tertiary/aromatic N) is 3. The second-order valence-electron chi connectivity index (χ2n) is 9.35. The summed E-state index contributed by atoms with van der Waals surface area (Å²) in [5.41, 5.74) is 2.19. The van der Waals surface area contributed by atoms with Crippen molar-refractivity contribution < 1.29 is 9.59 Å². The average Bonchev–Trinajstić information content (AvgIpc) is 3.16. The van der Waals surface area contributed by atoms with E-state index in [1.54, 1.807) is 15.6 Å². The molecule has 0 spiro atoms. The smallest absolute Gasteiger partial charge is 0.245 e. The molecule has 2 aromatic carbocycles. The van der Waals surface area contributed by atoms with Crippen LogP contribution in [0.5, 0.6) is 0 Å². The third-order valence-corrected chi connectivity index (χ3v) is 5.60. The molecule has 1 N–H and O–H groups in total. The van der Waals surface area contributed by atoms with Gasteiger partial charge in [0.05, 0.1) is 22.8 Å². The first-order valence-corrected chi connectivity index (χ1v) is 11.4. The van der Waals surface area contributed by atoms with Crippen LogP contribution in [0.15, 0.2) is 60.7 Å². The Morgan fingerprint density at radius 3 is 2.30 bits per heavy atom. The summed E-state index contributed by atoms with van der Waals surface area (Å²) in [5, 5.41) is 8.18. The highest BCUT2D eigenvalue weighted by Gasteiger charge is 2.24. The third kappa shape index (κ3) is 6.23. The molecule has 0 saturated carbocycles. The number of aromatic nitrogens is 2. The van der Waals surface area contributed by atoms with Gasteiger partial charge in [0.2, 0.25) is 11.8 Å². The van der Waals surface area contributed by atoms with Crippen molar-refractivity contribution in [3.05, 3.63) is 76.9 Å². The Balaban J connectivity index is 1.83. The van der Waals surface area contributed by atoms with E-state index in [1.165, 1.54) is 0 Å². The number of rotatable bonds is 7. The number of benzene rings is 2. The van der Waals surface area contributed by atoms with E-state index in [0.717, 1.165) is 11.3 Å². The van der Waals surface area contributed by atoms with Crippen LogP contribution in [0.25, 0.3) is 5.69 Å². The van der Waals surface area contributed by atoms with Gasteiger partial charge < -0.3 is 10.2 Å². The summed E-state index contributed by atoms with van der Waals surface area (Å²) in [5.74, 6) is 0.123. The van der Waals surface area contributed by atoms with E-state index < -0.39 is 0 Å². The van der Waals surface area contributed by atoms with Crippen molar-refractivity contribution in [2.45, 2.75) is 52.5 Å². The van der Waals surface area contributed by atoms with E-state index in [9.17, 15) is 9.59 Å². The SMILES string of the molecule is CC(C)N(CC(=O)Nc1cc(C(C)(C)C)nn1-c1ccccc1Cl)C(=O)Cc1ccccc1. The number of carbonyl (C=O) groups is 2. The molecule has 0 aliphatic carbocycles. The number of amides is 2. The van der Waals surface area contributed by atoms with Gasteiger partial charge in [-0.05, 0) is 31.5 Å². The van der Waals surface area contributed by atoms with Gasteiger partial charge in [-0.1, -0.05) is 74.8 Å². The lowest BCUT2D eigenvalue weighted by Gasteiger charge is -2.26. The highest BCUT2D eigenvalue weighted by atomic mass is 35.5. The first-order chi connectivity index (χ1) is 15.6. The minimum absolute atomic E-state index is 0.0537. The number of para-hydroxylation sites is 1. The molecule has 6 nitrogen and oxygen atoms in total. The van der Waals surface area contributed by atoms with Crippen LogP contribution in [0.1, 0.15) is 45.9 Å². The first kappa shape index (κ1) is 24.5. The van der Waals surface area contributed by atoms with Gasteiger partial charge in [-0.25, -0.2) is 4.68 Å². The molecule has 2 amide bonds. The molecule has 0 aliphatic rings. The van der Waals surface area contributed by atoms with Gasteiger partial charge in [0, 0.05) is 17.5 Å². The number of hydrogen-bond donors (Lipinski definition) is 1. The van der Waals surface area contributed by atoms with Crippen LogP contribution in [0, 0.1) is 0 Å². The summed E-state index contributed by atoms with van der Waals surface area (Å²) in [6.07, 6.45) is 0.248. The maximum Gasteiger partial charge on any atom is 0.245 e. The van der Waals surface area contributed by atoms with Crippen molar-refractivity contribution in [1.29, 1.82) is 0 Å². The molecule has 7 heteroatoms. The highest BCUT2D eigenvalue weighted by Crippen LogP contribution is 2.29. The van der Waals surface area contributed by atoms with Crippen LogP contribution in [-0.4, -0.2) is 39.1 Å². The first-order valence-electron chi connectivity index (χ1n) is 11.0. The van der Waals surface area contributed by atoms with Crippen LogP contribution in [0.2, 0.25) is 5.02 Å². The molecule has 3 rings (SSSR count). The number of hydrogen-bond acceptors (Lipinski definition) is 3. The van der Waals surface area contributed by atoms with Gasteiger partial charge in [-0.3, -0.25) is 9.59 Å². The van der Waals surface area contributed by atoms with E-state index in [0.29, 0.717) is 16.5 Å². The summed E-state index contributed by atoms with van der Waals surface area (Å²) in [7, 11) is 0. The standard InChI is InChI=1S/C26H31ClN4O2/c1-18(2)30(25(33)15-19-11-7-6-8-12-19)17-24(32)28-23-16-22(26(3,4)5)29-31(23)21-14-10-9-13-20(21)27/h6-14,16,18H,15,17H2,1-5H3,(H,28,32). The van der Waals surface area contributed by atoms with Gasteiger partial charge in [-0.15, -0.1) is 0 Å². The number of halogens is 1. The minimum Gasteiger partial charge on any atom is -0.331 e. The van der Waals surface area contributed by atoms with Crippen molar-refractivity contribution in [1.82, 2.24) is 14.7 Å². The maximum absolute atomic E-state index is 13.0. The topological polar surface area (TPSA) is 67.2 Å². The molecule has 0 bridgehead atoms. The fraction of sp³-hybridized carbons (Fsp3) is 0.346. The van der Waals surface area contributed by atoms with Crippen molar-refractivity contribution in [2.24, 2.45) is 0 Å². The quantitative estimate of drug-likeness (QED) is 0.517. The lowest BCUT2D eigenvalue weighted by molar-refractivity contribution is -0.135.